The standard InChI is InChI=1S/C13H17N3O2S2/c1-13(2)5-7-16(8-9-19-13)20(17,18)12-4-3-6-15-11(12)10-14/h3-4,6H,5,7-9H2,1-2H3. The minimum Gasteiger partial charge on any atom is -0.244 e. The molecule has 2 rings (SSSR count). The van der Waals surface area contributed by atoms with Crippen molar-refractivity contribution in [2.24, 2.45) is 0 Å². The smallest absolute Gasteiger partial charge is 0.244 e. The topological polar surface area (TPSA) is 74.1 Å². The summed E-state index contributed by atoms with van der Waals surface area (Å²) >= 11 is 1.78. The zero-order chi connectivity index (χ0) is 14.8. The zero-order valence-electron chi connectivity index (χ0n) is 11.5. The lowest BCUT2D eigenvalue weighted by molar-refractivity contribution is 0.415. The lowest BCUT2D eigenvalue weighted by Crippen LogP contribution is -2.34. The van der Waals surface area contributed by atoms with Crippen LogP contribution in [0.15, 0.2) is 23.2 Å². The van der Waals surface area contributed by atoms with E-state index in [1.165, 1.54) is 16.6 Å². The number of sulfonamides is 1. The van der Waals surface area contributed by atoms with Crippen LogP contribution in [0.2, 0.25) is 0 Å². The number of thioether (sulfide) groups is 1. The summed E-state index contributed by atoms with van der Waals surface area (Å²) in [7, 11) is -3.64. The molecule has 0 bridgehead atoms. The normalized spacial score (nSPS) is 20.1. The number of pyridine rings is 1. The molecule has 1 aliphatic heterocycles. The molecule has 1 aromatic heterocycles. The predicted octanol–water partition coefficient (Wildman–Crippen LogP) is 1.86. The Morgan fingerprint density at radius 3 is 2.90 bits per heavy atom. The third-order valence-electron chi connectivity index (χ3n) is 3.29. The van der Waals surface area contributed by atoms with E-state index in [1.54, 1.807) is 17.8 Å². The average molecular weight is 311 g/mol. The van der Waals surface area contributed by atoms with Gasteiger partial charge in [0, 0.05) is 29.8 Å². The van der Waals surface area contributed by atoms with Crippen molar-refractivity contribution in [2.45, 2.75) is 29.9 Å². The average Bonchev–Trinajstić information content (AvgIpc) is 2.60. The fraction of sp³-hybridized carbons (Fsp3) is 0.538. The summed E-state index contributed by atoms with van der Waals surface area (Å²) in [5.41, 5.74) is -0.0383. The van der Waals surface area contributed by atoms with Gasteiger partial charge in [-0.3, -0.25) is 0 Å². The van der Waals surface area contributed by atoms with E-state index >= 15 is 0 Å². The van der Waals surface area contributed by atoms with Crippen LogP contribution in [0.5, 0.6) is 0 Å². The summed E-state index contributed by atoms with van der Waals surface area (Å²) in [5, 5.41) is 9.02. The molecule has 0 amide bonds. The number of aromatic nitrogens is 1. The quantitative estimate of drug-likeness (QED) is 0.833. The molecule has 108 valence electrons. The maximum absolute atomic E-state index is 12.7. The van der Waals surface area contributed by atoms with E-state index in [9.17, 15) is 8.42 Å². The van der Waals surface area contributed by atoms with Gasteiger partial charge in [-0.1, -0.05) is 13.8 Å². The first kappa shape index (κ1) is 15.3. The van der Waals surface area contributed by atoms with Gasteiger partial charge < -0.3 is 0 Å². The van der Waals surface area contributed by atoms with E-state index < -0.39 is 10.0 Å². The molecular weight excluding hydrogens is 294 g/mol. The van der Waals surface area contributed by atoms with Crippen LogP contribution in [0.1, 0.15) is 26.0 Å². The summed E-state index contributed by atoms with van der Waals surface area (Å²) in [4.78, 5) is 3.84. The third-order valence-corrected chi connectivity index (χ3v) is 6.59. The molecule has 0 saturated carbocycles. The molecule has 1 aliphatic rings. The lowest BCUT2D eigenvalue weighted by Gasteiger charge is -2.22. The fourth-order valence-corrected chi connectivity index (χ4v) is 4.81. The second-order valence-corrected chi connectivity index (χ2v) is 8.93. The summed E-state index contributed by atoms with van der Waals surface area (Å²) in [6.07, 6.45) is 2.22. The van der Waals surface area contributed by atoms with E-state index in [-0.39, 0.29) is 15.3 Å². The van der Waals surface area contributed by atoms with Gasteiger partial charge >= 0.3 is 0 Å². The molecule has 0 aromatic carbocycles. The van der Waals surface area contributed by atoms with Gasteiger partial charge in [-0.15, -0.1) is 0 Å². The van der Waals surface area contributed by atoms with Gasteiger partial charge in [0.2, 0.25) is 10.0 Å². The molecule has 0 atom stereocenters. The van der Waals surface area contributed by atoms with Crippen molar-refractivity contribution < 1.29 is 8.42 Å². The lowest BCUT2D eigenvalue weighted by atomic mass is 10.1. The van der Waals surface area contributed by atoms with E-state index in [0.29, 0.717) is 13.1 Å². The molecule has 7 heteroatoms. The molecule has 5 nitrogen and oxygen atoms in total. The number of nitriles is 1. The Kier molecular flexibility index (Phi) is 4.37. The van der Waals surface area contributed by atoms with Gasteiger partial charge in [0.1, 0.15) is 11.0 Å². The first-order valence-electron chi connectivity index (χ1n) is 6.36. The van der Waals surface area contributed by atoms with E-state index in [1.807, 2.05) is 6.07 Å². The van der Waals surface area contributed by atoms with Gasteiger partial charge in [0.25, 0.3) is 0 Å². The van der Waals surface area contributed by atoms with Gasteiger partial charge in [0.05, 0.1) is 0 Å². The minimum absolute atomic E-state index is 0.00667. The second-order valence-electron chi connectivity index (χ2n) is 5.22. The Morgan fingerprint density at radius 1 is 1.45 bits per heavy atom. The van der Waals surface area contributed by atoms with E-state index in [4.69, 9.17) is 5.26 Å². The first-order chi connectivity index (χ1) is 9.37. The molecule has 1 aromatic rings. The Balaban J connectivity index is 2.34. The summed E-state index contributed by atoms with van der Waals surface area (Å²) < 4.78 is 26.9. The Hall–Kier alpha value is -1.10. The molecule has 2 heterocycles. The molecule has 1 saturated heterocycles. The maximum atomic E-state index is 12.7. The van der Waals surface area contributed by atoms with Crippen LogP contribution in [0.3, 0.4) is 0 Å². The van der Waals surface area contributed by atoms with E-state index in [0.717, 1.165) is 12.2 Å². The Labute approximate surface area is 124 Å². The molecule has 20 heavy (non-hydrogen) atoms. The monoisotopic (exact) mass is 311 g/mol. The summed E-state index contributed by atoms with van der Waals surface area (Å²) in [6, 6.07) is 4.84. The SMILES string of the molecule is CC1(C)CCN(S(=O)(=O)c2cccnc2C#N)CCS1. The first-order valence-corrected chi connectivity index (χ1v) is 8.79. The van der Waals surface area contributed by atoms with Crippen molar-refractivity contribution in [1.82, 2.24) is 9.29 Å². The van der Waals surface area contributed by atoms with Crippen LogP contribution in [0, 0.1) is 11.3 Å². The van der Waals surface area contributed by atoms with Crippen molar-refractivity contribution >= 4 is 21.8 Å². The zero-order valence-corrected chi connectivity index (χ0v) is 13.2. The van der Waals surface area contributed by atoms with Crippen LogP contribution in [0.25, 0.3) is 0 Å². The van der Waals surface area contributed by atoms with Crippen LogP contribution in [-0.4, -0.2) is 41.3 Å². The number of nitrogens with zero attached hydrogens (tertiary/aromatic N) is 3. The van der Waals surface area contributed by atoms with Crippen LogP contribution >= 0.6 is 11.8 Å². The molecule has 1 fully saturated rings. The molecule has 0 aliphatic carbocycles. The fourth-order valence-electron chi connectivity index (χ4n) is 2.06. The number of rotatable bonds is 2. The third kappa shape index (κ3) is 3.14. The predicted molar refractivity (Wildman–Crippen MR) is 78.9 cm³/mol. The molecular formula is C13H17N3O2S2. The van der Waals surface area contributed by atoms with Crippen LogP contribution < -0.4 is 0 Å². The number of hydrogen-bond acceptors (Lipinski definition) is 5. The highest BCUT2D eigenvalue weighted by molar-refractivity contribution is 8.00. The van der Waals surface area contributed by atoms with Crippen molar-refractivity contribution in [3.63, 3.8) is 0 Å². The van der Waals surface area contributed by atoms with Crippen LogP contribution in [0.4, 0.5) is 0 Å². The van der Waals surface area contributed by atoms with Gasteiger partial charge in [0.15, 0.2) is 5.69 Å². The largest absolute Gasteiger partial charge is 0.245 e. The highest BCUT2D eigenvalue weighted by Gasteiger charge is 2.32. The Morgan fingerprint density at radius 2 is 2.20 bits per heavy atom. The minimum atomic E-state index is -3.64. The number of hydrogen-bond donors (Lipinski definition) is 0. The second kappa shape index (κ2) is 5.72. The maximum Gasteiger partial charge on any atom is 0.245 e. The highest BCUT2D eigenvalue weighted by atomic mass is 32.2. The summed E-state index contributed by atoms with van der Waals surface area (Å²) in [6.45, 7) is 5.19. The Bertz CT molecular complexity index is 635. The van der Waals surface area contributed by atoms with E-state index in [2.05, 4.69) is 18.8 Å². The van der Waals surface area contributed by atoms with Crippen molar-refractivity contribution in [3.05, 3.63) is 24.0 Å². The molecule has 0 spiro atoms. The van der Waals surface area contributed by atoms with Crippen molar-refractivity contribution in [3.8, 4) is 6.07 Å². The van der Waals surface area contributed by atoms with Gasteiger partial charge in [-0.25, -0.2) is 13.4 Å². The molecule has 0 radical (unpaired) electrons. The summed E-state index contributed by atoms with van der Waals surface area (Å²) in [5.74, 6) is 0.758. The van der Waals surface area contributed by atoms with Crippen molar-refractivity contribution in [2.75, 3.05) is 18.8 Å². The van der Waals surface area contributed by atoms with Crippen LogP contribution in [-0.2, 0) is 10.0 Å². The molecule has 0 unspecified atom stereocenters. The van der Waals surface area contributed by atoms with Crippen molar-refractivity contribution in [1.29, 1.82) is 5.26 Å². The van der Waals surface area contributed by atoms with Gasteiger partial charge in [-0.05, 0) is 18.6 Å². The molecule has 0 N–H and O–H groups in total. The van der Waals surface area contributed by atoms with Gasteiger partial charge in [-0.2, -0.15) is 21.3 Å². The highest BCUT2D eigenvalue weighted by Crippen LogP contribution is 2.32.